The second-order valence-corrected chi connectivity index (χ2v) is 7.34. The van der Waals surface area contributed by atoms with Gasteiger partial charge in [0, 0.05) is 42.9 Å². The van der Waals surface area contributed by atoms with Gasteiger partial charge >= 0.3 is 0 Å². The number of H-pyrrole nitrogens is 1. The number of hydrogen-bond donors (Lipinski definition) is 1. The SMILES string of the molecule is Fc1cccn2nc([C@H]3c4nc[nH]c4CCN3c3cccc(-n4cccn4)c3)cc12. The van der Waals surface area contributed by atoms with Crippen LogP contribution >= 0.6 is 0 Å². The summed E-state index contributed by atoms with van der Waals surface area (Å²) in [6, 6.07) is 14.8. The molecule has 0 spiro atoms. The largest absolute Gasteiger partial charge is 0.357 e. The molecule has 148 valence electrons. The first-order valence-electron chi connectivity index (χ1n) is 9.80. The number of aromatic amines is 1. The second-order valence-electron chi connectivity index (χ2n) is 7.34. The average molecular weight is 399 g/mol. The van der Waals surface area contributed by atoms with Crippen LogP contribution in [-0.2, 0) is 6.42 Å². The van der Waals surface area contributed by atoms with Gasteiger partial charge in [-0.3, -0.25) is 0 Å². The van der Waals surface area contributed by atoms with Gasteiger partial charge in [0.15, 0.2) is 0 Å². The van der Waals surface area contributed by atoms with Gasteiger partial charge in [-0.25, -0.2) is 18.6 Å². The lowest BCUT2D eigenvalue weighted by atomic mass is 9.98. The van der Waals surface area contributed by atoms with E-state index in [0.29, 0.717) is 5.52 Å². The number of rotatable bonds is 3. The fraction of sp³-hybridized carbons (Fsp3) is 0.136. The van der Waals surface area contributed by atoms with Crippen molar-refractivity contribution in [3.8, 4) is 5.69 Å². The molecular weight excluding hydrogens is 381 g/mol. The van der Waals surface area contributed by atoms with E-state index in [9.17, 15) is 4.39 Å². The highest BCUT2D eigenvalue weighted by molar-refractivity contribution is 5.59. The smallest absolute Gasteiger partial charge is 0.148 e. The van der Waals surface area contributed by atoms with Crippen molar-refractivity contribution in [1.82, 2.24) is 29.4 Å². The summed E-state index contributed by atoms with van der Waals surface area (Å²) >= 11 is 0. The number of halogens is 1. The van der Waals surface area contributed by atoms with Gasteiger partial charge in [-0.05, 0) is 42.5 Å². The van der Waals surface area contributed by atoms with Crippen molar-refractivity contribution in [3.63, 3.8) is 0 Å². The minimum absolute atomic E-state index is 0.216. The van der Waals surface area contributed by atoms with E-state index in [1.807, 2.05) is 35.1 Å². The number of imidazole rings is 1. The molecule has 0 radical (unpaired) electrons. The van der Waals surface area contributed by atoms with Crippen LogP contribution in [0, 0.1) is 5.82 Å². The molecule has 1 atom stereocenters. The van der Waals surface area contributed by atoms with E-state index < -0.39 is 0 Å². The van der Waals surface area contributed by atoms with E-state index in [1.165, 1.54) is 6.07 Å². The normalized spacial score (nSPS) is 16.2. The third-order valence-electron chi connectivity index (χ3n) is 5.60. The van der Waals surface area contributed by atoms with Crippen LogP contribution in [0.5, 0.6) is 0 Å². The van der Waals surface area contributed by atoms with Crippen molar-refractivity contribution in [2.75, 3.05) is 11.4 Å². The van der Waals surface area contributed by atoms with E-state index in [4.69, 9.17) is 0 Å². The van der Waals surface area contributed by atoms with Crippen molar-refractivity contribution < 1.29 is 4.39 Å². The Kier molecular flexibility index (Phi) is 3.70. The molecule has 0 aliphatic carbocycles. The summed E-state index contributed by atoms with van der Waals surface area (Å²) in [7, 11) is 0. The maximum Gasteiger partial charge on any atom is 0.148 e. The topological polar surface area (TPSA) is 67.0 Å². The highest BCUT2D eigenvalue weighted by Gasteiger charge is 2.33. The number of benzene rings is 1. The van der Waals surface area contributed by atoms with Crippen molar-refractivity contribution >= 4 is 11.2 Å². The van der Waals surface area contributed by atoms with Crippen LogP contribution in [0.4, 0.5) is 10.1 Å². The predicted octanol–water partition coefficient (Wildman–Crippen LogP) is 3.53. The number of nitrogens with one attached hydrogen (secondary N) is 1. The van der Waals surface area contributed by atoms with Crippen molar-refractivity contribution in [2.24, 2.45) is 0 Å². The first-order chi connectivity index (χ1) is 14.8. The lowest BCUT2D eigenvalue weighted by molar-refractivity contribution is 0.615. The summed E-state index contributed by atoms with van der Waals surface area (Å²) in [6.07, 6.45) is 8.01. The molecule has 6 rings (SSSR count). The molecule has 1 aliphatic heterocycles. The molecule has 30 heavy (non-hydrogen) atoms. The van der Waals surface area contributed by atoms with Crippen LogP contribution in [0.2, 0.25) is 0 Å². The lowest BCUT2D eigenvalue weighted by Gasteiger charge is -2.36. The number of aromatic nitrogens is 6. The number of anilines is 1. The molecule has 1 aromatic carbocycles. The fourth-order valence-corrected chi connectivity index (χ4v) is 4.22. The maximum atomic E-state index is 14.3. The minimum atomic E-state index is -0.290. The van der Waals surface area contributed by atoms with Gasteiger partial charge in [-0.15, -0.1) is 0 Å². The Bertz CT molecular complexity index is 1330. The summed E-state index contributed by atoms with van der Waals surface area (Å²) < 4.78 is 17.8. The Labute approximate surface area is 171 Å². The quantitative estimate of drug-likeness (QED) is 0.504. The highest BCUT2D eigenvalue weighted by Crippen LogP contribution is 2.37. The Morgan fingerprint density at radius 2 is 1.97 bits per heavy atom. The van der Waals surface area contributed by atoms with Gasteiger partial charge in [0.2, 0.25) is 0 Å². The van der Waals surface area contributed by atoms with Gasteiger partial charge in [0.25, 0.3) is 0 Å². The highest BCUT2D eigenvalue weighted by atomic mass is 19.1. The summed E-state index contributed by atoms with van der Waals surface area (Å²) in [5.74, 6) is -0.290. The van der Waals surface area contributed by atoms with E-state index in [2.05, 4.69) is 37.2 Å². The van der Waals surface area contributed by atoms with Gasteiger partial charge in [0.1, 0.15) is 17.4 Å². The molecule has 8 heteroatoms. The van der Waals surface area contributed by atoms with E-state index in [0.717, 1.165) is 41.4 Å². The molecular formula is C22H18FN7. The first-order valence-corrected chi connectivity index (χ1v) is 9.80. The molecule has 1 N–H and O–H groups in total. The third kappa shape index (κ3) is 2.61. The first kappa shape index (κ1) is 17.0. The molecule has 0 bridgehead atoms. The van der Waals surface area contributed by atoms with Crippen molar-refractivity contribution in [3.05, 3.63) is 96.3 Å². The zero-order valence-corrected chi connectivity index (χ0v) is 16.0. The maximum absolute atomic E-state index is 14.3. The number of fused-ring (bicyclic) bond motifs is 2. The molecule has 0 amide bonds. The molecule has 5 aromatic rings. The summed E-state index contributed by atoms with van der Waals surface area (Å²) in [5, 5.41) is 9.03. The van der Waals surface area contributed by atoms with Crippen LogP contribution in [0.15, 0.2) is 73.4 Å². The fourth-order valence-electron chi connectivity index (χ4n) is 4.22. The Morgan fingerprint density at radius 3 is 2.83 bits per heavy atom. The van der Waals surface area contributed by atoms with E-state index in [1.54, 1.807) is 29.3 Å². The molecule has 7 nitrogen and oxygen atoms in total. The van der Waals surface area contributed by atoms with E-state index in [-0.39, 0.29) is 11.9 Å². The lowest BCUT2D eigenvalue weighted by Crippen LogP contribution is -2.36. The standard InChI is InChI=1S/C22H18FN7/c23-17-6-2-9-30-20(17)13-19(27-30)22-21-18(24-14-25-21)7-11-28(22)15-4-1-5-16(12-15)29-10-3-8-26-29/h1-6,8-10,12-14,22H,7,11H2,(H,24,25)/t22-/m0/s1. The molecule has 0 saturated carbocycles. The van der Waals surface area contributed by atoms with Gasteiger partial charge in [-0.2, -0.15) is 10.2 Å². The third-order valence-corrected chi connectivity index (χ3v) is 5.60. The molecule has 0 fully saturated rings. The number of nitrogens with zero attached hydrogens (tertiary/aromatic N) is 6. The van der Waals surface area contributed by atoms with Crippen LogP contribution < -0.4 is 4.90 Å². The summed E-state index contributed by atoms with van der Waals surface area (Å²) in [4.78, 5) is 10.1. The monoisotopic (exact) mass is 399 g/mol. The van der Waals surface area contributed by atoms with Crippen LogP contribution in [0.3, 0.4) is 0 Å². The van der Waals surface area contributed by atoms with Crippen LogP contribution in [-0.4, -0.2) is 35.9 Å². The number of hydrogen-bond acceptors (Lipinski definition) is 4. The van der Waals surface area contributed by atoms with Gasteiger partial charge < -0.3 is 9.88 Å². The van der Waals surface area contributed by atoms with Crippen molar-refractivity contribution in [2.45, 2.75) is 12.5 Å². The van der Waals surface area contributed by atoms with Gasteiger partial charge in [-0.1, -0.05) is 6.07 Å². The summed E-state index contributed by atoms with van der Waals surface area (Å²) in [5.41, 5.74) is 5.26. The van der Waals surface area contributed by atoms with Crippen LogP contribution in [0.1, 0.15) is 23.1 Å². The van der Waals surface area contributed by atoms with E-state index >= 15 is 0 Å². The molecule has 4 aromatic heterocycles. The van der Waals surface area contributed by atoms with Gasteiger partial charge in [0.05, 0.1) is 23.4 Å². The summed E-state index contributed by atoms with van der Waals surface area (Å²) in [6.45, 7) is 0.790. The zero-order valence-electron chi connectivity index (χ0n) is 16.0. The predicted molar refractivity (Wildman–Crippen MR) is 110 cm³/mol. The average Bonchev–Trinajstić information content (AvgIpc) is 3.53. The molecule has 0 unspecified atom stereocenters. The Hall–Kier alpha value is -3.94. The second kappa shape index (κ2) is 6.55. The molecule has 1 aliphatic rings. The zero-order chi connectivity index (χ0) is 20.1. The Morgan fingerprint density at radius 1 is 1.03 bits per heavy atom. The Balaban J connectivity index is 1.50. The molecule has 5 heterocycles. The molecule has 0 saturated heterocycles. The van der Waals surface area contributed by atoms with Crippen molar-refractivity contribution in [1.29, 1.82) is 0 Å². The number of pyridine rings is 1. The minimum Gasteiger partial charge on any atom is -0.357 e. The van der Waals surface area contributed by atoms with Crippen LogP contribution in [0.25, 0.3) is 11.2 Å².